The fraction of sp³-hybridized carbons (Fsp3) is 0.0588. The van der Waals surface area contributed by atoms with Crippen LogP contribution in [0, 0.1) is 11.3 Å². The number of rotatable bonds is 5. The van der Waals surface area contributed by atoms with Crippen molar-refractivity contribution >= 4 is 35.2 Å². The van der Waals surface area contributed by atoms with E-state index in [0.29, 0.717) is 28.0 Å². The van der Waals surface area contributed by atoms with Crippen LogP contribution in [0.15, 0.2) is 48.0 Å². The molecular formula is C17H12Cl2N2O2. The molecule has 23 heavy (non-hydrogen) atoms. The van der Waals surface area contributed by atoms with E-state index in [1.165, 1.54) is 6.08 Å². The summed E-state index contributed by atoms with van der Waals surface area (Å²) in [7, 11) is 0. The van der Waals surface area contributed by atoms with Crippen LogP contribution in [0.4, 0.5) is 0 Å². The number of nitrogens with zero attached hydrogens (tertiary/aromatic N) is 1. The van der Waals surface area contributed by atoms with Crippen LogP contribution in [-0.2, 0) is 11.4 Å². The Labute approximate surface area is 143 Å². The van der Waals surface area contributed by atoms with Gasteiger partial charge in [-0.25, -0.2) is 0 Å². The van der Waals surface area contributed by atoms with E-state index >= 15 is 0 Å². The minimum atomic E-state index is -0.785. The number of nitrogens with two attached hydrogens (primary N) is 1. The van der Waals surface area contributed by atoms with Gasteiger partial charge in [-0.1, -0.05) is 41.4 Å². The molecule has 116 valence electrons. The van der Waals surface area contributed by atoms with Gasteiger partial charge in [0.2, 0.25) is 0 Å². The first-order chi connectivity index (χ1) is 11.0. The summed E-state index contributed by atoms with van der Waals surface area (Å²) < 4.78 is 5.64. The standard InChI is InChI=1S/C17H12Cl2N2O2/c18-14-4-1-11(2-5-14)10-23-16-6-3-12(8-15(16)19)7-13(9-20)17(21)22/h1-8H,10H2,(H2,21,22)/b13-7-. The van der Waals surface area contributed by atoms with E-state index in [1.54, 1.807) is 36.4 Å². The van der Waals surface area contributed by atoms with Gasteiger partial charge in [-0.15, -0.1) is 0 Å². The maximum Gasteiger partial charge on any atom is 0.259 e. The Balaban J connectivity index is 2.12. The highest BCUT2D eigenvalue weighted by Crippen LogP contribution is 2.27. The molecule has 2 aromatic carbocycles. The van der Waals surface area contributed by atoms with Gasteiger partial charge in [0.1, 0.15) is 24.0 Å². The molecule has 0 radical (unpaired) electrons. The van der Waals surface area contributed by atoms with Gasteiger partial charge in [0.25, 0.3) is 5.91 Å². The normalized spacial score (nSPS) is 10.9. The number of primary amides is 1. The molecule has 0 unspecified atom stereocenters. The van der Waals surface area contributed by atoms with Crippen LogP contribution in [-0.4, -0.2) is 5.91 Å². The van der Waals surface area contributed by atoms with Gasteiger partial charge in [0, 0.05) is 5.02 Å². The van der Waals surface area contributed by atoms with E-state index < -0.39 is 5.91 Å². The highest BCUT2D eigenvalue weighted by molar-refractivity contribution is 6.32. The number of halogens is 2. The summed E-state index contributed by atoms with van der Waals surface area (Å²) in [5.41, 5.74) is 6.49. The van der Waals surface area contributed by atoms with Crippen LogP contribution in [0.5, 0.6) is 5.75 Å². The molecule has 0 atom stereocenters. The Morgan fingerprint density at radius 2 is 1.91 bits per heavy atom. The number of carbonyl (C=O) groups is 1. The summed E-state index contributed by atoms with van der Waals surface area (Å²) in [6.07, 6.45) is 1.37. The van der Waals surface area contributed by atoms with Gasteiger partial charge in [0.05, 0.1) is 5.02 Å². The average molecular weight is 347 g/mol. The molecule has 0 saturated heterocycles. The molecule has 0 fully saturated rings. The zero-order valence-corrected chi connectivity index (χ0v) is 13.4. The Hall–Kier alpha value is -2.48. The molecule has 0 saturated carbocycles. The third-order valence-electron chi connectivity index (χ3n) is 2.96. The molecule has 2 aromatic rings. The van der Waals surface area contributed by atoms with Crippen molar-refractivity contribution in [2.24, 2.45) is 5.73 Å². The maximum atomic E-state index is 11.0. The second-order valence-corrected chi connectivity index (χ2v) is 5.48. The number of hydrogen-bond donors (Lipinski definition) is 1. The summed E-state index contributed by atoms with van der Waals surface area (Å²) >= 11 is 12.0. The van der Waals surface area contributed by atoms with Crippen molar-refractivity contribution in [1.29, 1.82) is 5.26 Å². The lowest BCUT2D eigenvalue weighted by molar-refractivity contribution is -0.114. The SMILES string of the molecule is N#C/C(=C/c1ccc(OCc2ccc(Cl)cc2)c(Cl)c1)C(N)=O. The lowest BCUT2D eigenvalue weighted by Crippen LogP contribution is -2.12. The molecule has 6 heteroatoms. The highest BCUT2D eigenvalue weighted by Gasteiger charge is 2.06. The molecule has 0 aliphatic heterocycles. The molecule has 2 rings (SSSR count). The summed E-state index contributed by atoms with van der Waals surface area (Å²) in [6.45, 7) is 0.344. The number of benzene rings is 2. The molecule has 0 spiro atoms. The van der Waals surface area contributed by atoms with Crippen LogP contribution >= 0.6 is 23.2 Å². The van der Waals surface area contributed by atoms with Crippen molar-refractivity contribution in [2.45, 2.75) is 6.61 Å². The zero-order chi connectivity index (χ0) is 16.8. The van der Waals surface area contributed by atoms with E-state index in [1.807, 2.05) is 12.1 Å². The number of amides is 1. The van der Waals surface area contributed by atoms with Crippen LogP contribution in [0.1, 0.15) is 11.1 Å². The predicted octanol–water partition coefficient (Wildman–Crippen LogP) is 3.96. The van der Waals surface area contributed by atoms with Gasteiger partial charge in [-0.05, 0) is 41.5 Å². The largest absolute Gasteiger partial charge is 0.487 e. The van der Waals surface area contributed by atoms with Crippen LogP contribution < -0.4 is 10.5 Å². The summed E-state index contributed by atoms with van der Waals surface area (Å²) in [5, 5.41) is 9.85. The van der Waals surface area contributed by atoms with Crippen molar-refractivity contribution in [2.75, 3.05) is 0 Å². The molecule has 0 heterocycles. The summed E-state index contributed by atoms with van der Waals surface area (Å²) in [4.78, 5) is 11.0. The topological polar surface area (TPSA) is 76.1 Å². The van der Waals surface area contributed by atoms with Gasteiger partial charge >= 0.3 is 0 Å². The van der Waals surface area contributed by atoms with E-state index in [4.69, 9.17) is 38.9 Å². The third kappa shape index (κ3) is 4.75. The van der Waals surface area contributed by atoms with Crippen molar-refractivity contribution in [1.82, 2.24) is 0 Å². The minimum absolute atomic E-state index is 0.143. The summed E-state index contributed by atoms with van der Waals surface area (Å²) in [5.74, 6) is -0.289. The number of ether oxygens (including phenoxy) is 1. The molecule has 1 amide bonds. The third-order valence-corrected chi connectivity index (χ3v) is 3.51. The second-order valence-electron chi connectivity index (χ2n) is 4.64. The molecule has 0 aromatic heterocycles. The number of nitriles is 1. The van der Waals surface area contributed by atoms with Crippen molar-refractivity contribution in [3.05, 3.63) is 69.2 Å². The summed E-state index contributed by atoms with van der Waals surface area (Å²) in [6, 6.07) is 14.0. The molecule has 2 N–H and O–H groups in total. The Morgan fingerprint density at radius 3 is 2.48 bits per heavy atom. The van der Waals surface area contributed by atoms with E-state index in [0.717, 1.165) is 5.56 Å². The fourth-order valence-corrected chi connectivity index (χ4v) is 2.16. The Bertz CT molecular complexity index is 793. The quantitative estimate of drug-likeness (QED) is 0.657. The minimum Gasteiger partial charge on any atom is -0.487 e. The first-order valence-electron chi connectivity index (χ1n) is 6.58. The zero-order valence-electron chi connectivity index (χ0n) is 11.9. The number of carbonyl (C=O) groups excluding carboxylic acids is 1. The van der Waals surface area contributed by atoms with Gasteiger partial charge in [-0.3, -0.25) is 4.79 Å². The van der Waals surface area contributed by atoms with Gasteiger partial charge in [0.15, 0.2) is 0 Å². The van der Waals surface area contributed by atoms with Crippen molar-refractivity contribution < 1.29 is 9.53 Å². The Morgan fingerprint density at radius 1 is 1.22 bits per heavy atom. The molecule has 4 nitrogen and oxygen atoms in total. The van der Waals surface area contributed by atoms with Crippen LogP contribution in [0.2, 0.25) is 10.0 Å². The molecular weight excluding hydrogens is 335 g/mol. The first-order valence-corrected chi connectivity index (χ1v) is 7.33. The maximum absolute atomic E-state index is 11.0. The number of hydrogen-bond acceptors (Lipinski definition) is 3. The second kappa shape index (κ2) is 7.68. The highest BCUT2D eigenvalue weighted by atomic mass is 35.5. The monoisotopic (exact) mass is 346 g/mol. The van der Waals surface area contributed by atoms with E-state index in [2.05, 4.69) is 0 Å². The van der Waals surface area contributed by atoms with Gasteiger partial charge in [-0.2, -0.15) is 5.26 Å². The van der Waals surface area contributed by atoms with Crippen molar-refractivity contribution in [3.63, 3.8) is 0 Å². The smallest absolute Gasteiger partial charge is 0.259 e. The molecule has 0 aliphatic rings. The van der Waals surface area contributed by atoms with Gasteiger partial charge < -0.3 is 10.5 Å². The lowest BCUT2D eigenvalue weighted by atomic mass is 10.1. The Kier molecular flexibility index (Phi) is 5.64. The van der Waals surface area contributed by atoms with E-state index in [-0.39, 0.29) is 5.57 Å². The fourth-order valence-electron chi connectivity index (χ4n) is 1.79. The average Bonchev–Trinajstić information content (AvgIpc) is 2.53. The predicted molar refractivity (Wildman–Crippen MR) is 90.0 cm³/mol. The van der Waals surface area contributed by atoms with Crippen LogP contribution in [0.25, 0.3) is 6.08 Å². The molecule has 0 bridgehead atoms. The van der Waals surface area contributed by atoms with E-state index in [9.17, 15) is 4.79 Å². The first kappa shape index (κ1) is 16.9. The molecule has 0 aliphatic carbocycles. The van der Waals surface area contributed by atoms with Crippen LogP contribution in [0.3, 0.4) is 0 Å². The lowest BCUT2D eigenvalue weighted by Gasteiger charge is -2.09. The van der Waals surface area contributed by atoms with Crippen molar-refractivity contribution in [3.8, 4) is 11.8 Å².